The molecule has 0 saturated carbocycles. The summed E-state index contributed by atoms with van der Waals surface area (Å²) in [4.78, 5) is 36.6. The second kappa shape index (κ2) is 8.03. The van der Waals surface area contributed by atoms with Gasteiger partial charge in [0.1, 0.15) is 12.4 Å². The predicted octanol–water partition coefficient (Wildman–Crippen LogP) is 2.49. The van der Waals surface area contributed by atoms with E-state index in [4.69, 9.17) is 9.73 Å². The number of hydrogen-bond donors (Lipinski definition) is 0. The number of aliphatic imine (C=N–C) groups is 1. The molecule has 2 atom stereocenters. The van der Waals surface area contributed by atoms with Crippen LogP contribution in [-0.2, 0) is 4.79 Å². The third-order valence-corrected chi connectivity index (χ3v) is 6.08. The first-order valence-electron chi connectivity index (χ1n) is 10.7. The number of imide groups is 1. The number of hydrogen-bond acceptors (Lipinski definition) is 6. The standard InChI is InChI=1S/C24H25N5O3/c1-26-21-20(22(30)27(2)24(26)31)29-14-13-28(23(29)25-21)18-11-6-12-19(16-18)32-15-7-10-17-8-4-3-5-9-17/h3-12,16,20-21H,13-15H2,1-2H3/b10-7+. The SMILES string of the molecule is CN1C(=O)C2C(N=C3N(c4cccc(OC/C=C/c5ccccc5)c4)CCN32)N(C)C1=O. The Morgan fingerprint density at radius 3 is 2.69 bits per heavy atom. The second-order valence-corrected chi connectivity index (χ2v) is 8.04. The minimum Gasteiger partial charge on any atom is -0.489 e. The van der Waals surface area contributed by atoms with Crippen molar-refractivity contribution in [2.45, 2.75) is 12.2 Å². The van der Waals surface area contributed by atoms with E-state index in [2.05, 4.69) is 4.90 Å². The molecular weight excluding hydrogens is 406 g/mol. The molecule has 0 spiro atoms. The number of benzene rings is 2. The van der Waals surface area contributed by atoms with Crippen LogP contribution in [0.2, 0.25) is 0 Å². The Balaban J connectivity index is 1.30. The molecule has 2 unspecified atom stereocenters. The molecule has 0 aromatic heterocycles. The van der Waals surface area contributed by atoms with E-state index in [1.165, 1.54) is 16.8 Å². The van der Waals surface area contributed by atoms with Crippen molar-refractivity contribution in [1.82, 2.24) is 14.7 Å². The molecule has 3 aliphatic rings. The van der Waals surface area contributed by atoms with Crippen molar-refractivity contribution in [1.29, 1.82) is 0 Å². The number of rotatable bonds is 5. The first kappa shape index (κ1) is 20.1. The summed E-state index contributed by atoms with van der Waals surface area (Å²) in [5, 5.41) is 0. The zero-order chi connectivity index (χ0) is 22.2. The number of likely N-dealkylation sites (N-methyl/N-ethyl adjacent to an activating group) is 2. The molecule has 0 radical (unpaired) electrons. The highest BCUT2D eigenvalue weighted by atomic mass is 16.5. The van der Waals surface area contributed by atoms with Crippen molar-refractivity contribution < 1.29 is 14.3 Å². The summed E-state index contributed by atoms with van der Waals surface area (Å²) in [6, 6.07) is 17.2. The fourth-order valence-corrected chi connectivity index (χ4v) is 4.40. The van der Waals surface area contributed by atoms with E-state index in [0.29, 0.717) is 19.7 Å². The maximum atomic E-state index is 12.8. The molecule has 8 heteroatoms. The number of urea groups is 1. The minimum atomic E-state index is -0.494. The molecule has 8 nitrogen and oxygen atoms in total. The number of nitrogens with zero attached hydrogens (tertiary/aromatic N) is 5. The van der Waals surface area contributed by atoms with Crippen molar-refractivity contribution >= 4 is 29.7 Å². The van der Waals surface area contributed by atoms with Crippen LogP contribution in [-0.4, -0.2) is 78.6 Å². The van der Waals surface area contributed by atoms with Crippen LogP contribution in [0.3, 0.4) is 0 Å². The lowest BCUT2D eigenvalue weighted by molar-refractivity contribution is -0.135. The van der Waals surface area contributed by atoms with Gasteiger partial charge in [-0.3, -0.25) is 9.69 Å². The maximum absolute atomic E-state index is 12.8. The van der Waals surface area contributed by atoms with Gasteiger partial charge in [0.25, 0.3) is 5.91 Å². The topological polar surface area (TPSA) is 68.7 Å². The minimum absolute atomic E-state index is 0.207. The number of carbonyl (C=O) groups excluding carboxylic acids is 2. The van der Waals surface area contributed by atoms with Crippen LogP contribution < -0.4 is 9.64 Å². The molecule has 2 fully saturated rings. The van der Waals surface area contributed by atoms with Crippen LogP contribution in [0, 0.1) is 0 Å². The van der Waals surface area contributed by atoms with Gasteiger partial charge in [-0.2, -0.15) is 0 Å². The molecule has 3 amide bonds. The lowest BCUT2D eigenvalue weighted by Gasteiger charge is -2.38. The molecule has 0 aliphatic carbocycles. The molecule has 3 heterocycles. The van der Waals surface area contributed by atoms with Gasteiger partial charge in [0.15, 0.2) is 12.2 Å². The van der Waals surface area contributed by atoms with E-state index in [1.54, 1.807) is 7.05 Å². The summed E-state index contributed by atoms with van der Waals surface area (Å²) in [5.41, 5.74) is 2.08. The van der Waals surface area contributed by atoms with E-state index < -0.39 is 12.2 Å². The average molecular weight is 431 g/mol. The first-order valence-corrected chi connectivity index (χ1v) is 10.7. The molecule has 3 aliphatic heterocycles. The van der Waals surface area contributed by atoms with Crippen LogP contribution in [0.4, 0.5) is 10.5 Å². The highest BCUT2D eigenvalue weighted by Gasteiger charge is 2.53. The molecule has 5 rings (SSSR count). The zero-order valence-corrected chi connectivity index (χ0v) is 18.1. The van der Waals surface area contributed by atoms with E-state index in [1.807, 2.05) is 71.6 Å². The van der Waals surface area contributed by atoms with Gasteiger partial charge < -0.3 is 19.4 Å². The number of anilines is 1. The molecule has 2 aromatic rings. The highest BCUT2D eigenvalue weighted by Crippen LogP contribution is 2.33. The maximum Gasteiger partial charge on any atom is 0.328 e. The van der Waals surface area contributed by atoms with Crippen LogP contribution in [0.15, 0.2) is 65.7 Å². The van der Waals surface area contributed by atoms with Crippen LogP contribution in [0.25, 0.3) is 6.08 Å². The number of carbonyl (C=O) groups is 2. The van der Waals surface area contributed by atoms with Crippen molar-refractivity contribution in [3.63, 3.8) is 0 Å². The number of amides is 3. The normalized spacial score (nSPS) is 22.5. The van der Waals surface area contributed by atoms with Crippen LogP contribution in [0.1, 0.15) is 5.56 Å². The third-order valence-electron chi connectivity index (χ3n) is 6.08. The summed E-state index contributed by atoms with van der Waals surface area (Å²) in [6.45, 7) is 1.85. The Morgan fingerprint density at radius 1 is 1.06 bits per heavy atom. The quantitative estimate of drug-likeness (QED) is 0.728. The second-order valence-electron chi connectivity index (χ2n) is 8.04. The van der Waals surface area contributed by atoms with Gasteiger partial charge in [-0.05, 0) is 23.8 Å². The van der Waals surface area contributed by atoms with Gasteiger partial charge in [-0.15, -0.1) is 0 Å². The van der Waals surface area contributed by atoms with Crippen molar-refractivity contribution in [2.75, 3.05) is 38.7 Å². The van der Waals surface area contributed by atoms with Crippen LogP contribution in [0.5, 0.6) is 5.75 Å². The smallest absolute Gasteiger partial charge is 0.328 e. The van der Waals surface area contributed by atoms with Gasteiger partial charge in [0, 0.05) is 38.9 Å². The van der Waals surface area contributed by atoms with Gasteiger partial charge in [0.2, 0.25) is 5.96 Å². The van der Waals surface area contributed by atoms with Gasteiger partial charge in [-0.1, -0.05) is 42.5 Å². The summed E-state index contributed by atoms with van der Waals surface area (Å²) in [5.74, 6) is 1.28. The zero-order valence-electron chi connectivity index (χ0n) is 18.1. The Labute approximate surface area is 187 Å². The lowest BCUT2D eigenvalue weighted by Crippen LogP contribution is -2.63. The Hall–Kier alpha value is -3.81. The van der Waals surface area contributed by atoms with E-state index >= 15 is 0 Å². The van der Waals surface area contributed by atoms with Gasteiger partial charge in [0.05, 0.1) is 0 Å². The third kappa shape index (κ3) is 3.37. The fraction of sp³-hybridized carbons (Fsp3) is 0.292. The lowest BCUT2D eigenvalue weighted by atomic mass is 10.1. The number of ether oxygens (including phenoxy) is 1. The molecule has 32 heavy (non-hydrogen) atoms. The fourth-order valence-electron chi connectivity index (χ4n) is 4.40. The van der Waals surface area contributed by atoms with E-state index in [9.17, 15) is 9.59 Å². The summed E-state index contributed by atoms with van der Waals surface area (Å²) in [6.07, 6.45) is 3.52. The molecule has 2 aromatic carbocycles. The molecule has 164 valence electrons. The molecule has 0 bridgehead atoms. The number of guanidine groups is 1. The predicted molar refractivity (Wildman–Crippen MR) is 122 cm³/mol. The molecule has 0 N–H and O–H groups in total. The Kier molecular flexibility index (Phi) is 5.05. The summed E-state index contributed by atoms with van der Waals surface area (Å²) < 4.78 is 5.92. The van der Waals surface area contributed by atoms with E-state index in [0.717, 1.165) is 23.0 Å². The molecule has 2 saturated heterocycles. The Morgan fingerprint density at radius 2 is 1.88 bits per heavy atom. The van der Waals surface area contributed by atoms with Gasteiger partial charge >= 0.3 is 6.03 Å². The van der Waals surface area contributed by atoms with Gasteiger partial charge in [-0.25, -0.2) is 9.79 Å². The molecular formula is C24H25N5O3. The largest absolute Gasteiger partial charge is 0.489 e. The van der Waals surface area contributed by atoms with E-state index in [-0.39, 0.29) is 11.9 Å². The summed E-state index contributed by atoms with van der Waals surface area (Å²) >= 11 is 0. The summed E-state index contributed by atoms with van der Waals surface area (Å²) in [7, 11) is 3.22. The average Bonchev–Trinajstić information content (AvgIpc) is 3.39. The number of fused-ring (bicyclic) bond motifs is 3. The van der Waals surface area contributed by atoms with Crippen molar-refractivity contribution in [2.24, 2.45) is 4.99 Å². The van der Waals surface area contributed by atoms with Crippen molar-refractivity contribution in [3.05, 3.63) is 66.2 Å². The monoisotopic (exact) mass is 431 g/mol. The highest BCUT2D eigenvalue weighted by molar-refractivity contribution is 6.07. The van der Waals surface area contributed by atoms with Crippen LogP contribution >= 0.6 is 0 Å². The Bertz CT molecular complexity index is 1100. The van der Waals surface area contributed by atoms with Crippen molar-refractivity contribution in [3.8, 4) is 5.75 Å². The first-order chi connectivity index (χ1) is 15.5.